The molecule has 146 valence electrons. The number of benzene rings is 1. The minimum absolute atomic E-state index is 0.278. The summed E-state index contributed by atoms with van der Waals surface area (Å²) in [5.74, 6) is -0.278. The Hall–Kier alpha value is -2.04. The van der Waals surface area contributed by atoms with E-state index in [-0.39, 0.29) is 12.4 Å². The van der Waals surface area contributed by atoms with E-state index in [2.05, 4.69) is 0 Å². The second-order valence-electron chi connectivity index (χ2n) is 7.49. The SMILES string of the molecule is CC(C)(C)OC(=O)c1ccc(OCCCCCCCCCC(=O)O)cc1. The second kappa shape index (κ2) is 11.6. The zero-order chi connectivity index (χ0) is 19.4. The lowest BCUT2D eigenvalue weighted by Crippen LogP contribution is -2.23. The Balaban J connectivity index is 2.11. The first-order valence-electron chi connectivity index (χ1n) is 9.46. The molecule has 0 radical (unpaired) electrons. The van der Waals surface area contributed by atoms with Gasteiger partial charge in [-0.05, 0) is 57.9 Å². The Morgan fingerprint density at radius 2 is 1.42 bits per heavy atom. The van der Waals surface area contributed by atoms with Crippen LogP contribution in [0.25, 0.3) is 0 Å². The molecule has 0 fully saturated rings. The number of carbonyl (C=O) groups is 2. The maximum Gasteiger partial charge on any atom is 0.338 e. The number of hydrogen-bond acceptors (Lipinski definition) is 4. The molecule has 0 atom stereocenters. The Morgan fingerprint density at radius 3 is 1.96 bits per heavy atom. The van der Waals surface area contributed by atoms with Crippen LogP contribution in [-0.4, -0.2) is 29.3 Å². The molecule has 0 bridgehead atoms. The molecule has 0 saturated carbocycles. The zero-order valence-corrected chi connectivity index (χ0v) is 16.3. The van der Waals surface area contributed by atoms with Crippen molar-refractivity contribution in [2.75, 3.05) is 6.61 Å². The maximum atomic E-state index is 11.9. The lowest BCUT2D eigenvalue weighted by Gasteiger charge is -2.19. The van der Waals surface area contributed by atoms with Crippen molar-refractivity contribution in [3.63, 3.8) is 0 Å². The second-order valence-corrected chi connectivity index (χ2v) is 7.49. The molecular formula is C21H32O5. The number of hydrogen-bond donors (Lipinski definition) is 1. The van der Waals surface area contributed by atoms with Crippen molar-refractivity contribution >= 4 is 11.9 Å². The molecule has 5 nitrogen and oxygen atoms in total. The monoisotopic (exact) mass is 364 g/mol. The molecule has 0 amide bonds. The van der Waals surface area contributed by atoms with Crippen LogP contribution in [0.2, 0.25) is 0 Å². The molecule has 0 unspecified atom stereocenters. The molecule has 0 heterocycles. The van der Waals surface area contributed by atoms with E-state index in [1.165, 1.54) is 0 Å². The van der Waals surface area contributed by atoms with Crippen LogP contribution < -0.4 is 4.74 Å². The molecule has 26 heavy (non-hydrogen) atoms. The Kier molecular flexibility index (Phi) is 9.78. The first-order valence-corrected chi connectivity index (χ1v) is 9.46. The number of ether oxygens (including phenoxy) is 2. The Labute approximate surface area is 156 Å². The molecule has 1 aromatic rings. The van der Waals surface area contributed by atoms with Gasteiger partial charge in [0.25, 0.3) is 0 Å². The third-order valence-electron chi connectivity index (χ3n) is 3.79. The third kappa shape index (κ3) is 10.7. The number of carboxylic acids is 1. The summed E-state index contributed by atoms with van der Waals surface area (Å²) < 4.78 is 11.0. The average Bonchev–Trinajstić information content (AvgIpc) is 2.55. The number of aliphatic carboxylic acids is 1. The van der Waals surface area contributed by atoms with E-state index in [0.29, 0.717) is 12.2 Å². The van der Waals surface area contributed by atoms with Gasteiger partial charge >= 0.3 is 11.9 Å². The van der Waals surface area contributed by atoms with Gasteiger partial charge in [-0.2, -0.15) is 0 Å². The summed E-state index contributed by atoms with van der Waals surface area (Å²) in [4.78, 5) is 22.3. The quantitative estimate of drug-likeness (QED) is 0.406. The number of carboxylic acid groups (broad SMARTS) is 1. The molecule has 1 rings (SSSR count). The molecular weight excluding hydrogens is 332 g/mol. The highest BCUT2D eigenvalue weighted by molar-refractivity contribution is 5.89. The molecule has 5 heteroatoms. The Bertz CT molecular complexity index is 543. The van der Waals surface area contributed by atoms with E-state index >= 15 is 0 Å². The van der Waals surface area contributed by atoms with Crippen molar-refractivity contribution in [3.05, 3.63) is 29.8 Å². The molecule has 0 spiro atoms. The van der Waals surface area contributed by atoms with Gasteiger partial charge in [-0.25, -0.2) is 4.79 Å². The zero-order valence-electron chi connectivity index (χ0n) is 16.3. The number of carbonyl (C=O) groups excluding carboxylic acids is 1. The minimum Gasteiger partial charge on any atom is -0.494 e. The normalized spacial score (nSPS) is 11.2. The van der Waals surface area contributed by atoms with Crippen molar-refractivity contribution in [2.45, 2.75) is 77.7 Å². The summed E-state index contributed by atoms with van der Waals surface area (Å²) in [6, 6.07) is 7.03. The van der Waals surface area contributed by atoms with E-state index in [1.807, 2.05) is 20.8 Å². The van der Waals surface area contributed by atoms with Crippen LogP contribution in [0.15, 0.2) is 24.3 Å². The predicted molar refractivity (Wildman–Crippen MR) is 102 cm³/mol. The van der Waals surface area contributed by atoms with Gasteiger partial charge in [0.05, 0.1) is 12.2 Å². The van der Waals surface area contributed by atoms with E-state index < -0.39 is 11.6 Å². The third-order valence-corrected chi connectivity index (χ3v) is 3.79. The largest absolute Gasteiger partial charge is 0.494 e. The first kappa shape index (κ1) is 22.0. The van der Waals surface area contributed by atoms with Crippen molar-refractivity contribution < 1.29 is 24.2 Å². The van der Waals surface area contributed by atoms with Gasteiger partial charge in [-0.1, -0.05) is 32.1 Å². The minimum atomic E-state index is -0.707. The summed E-state index contributed by atoms with van der Waals surface area (Å²) in [7, 11) is 0. The van der Waals surface area contributed by atoms with E-state index in [0.717, 1.165) is 50.7 Å². The fourth-order valence-corrected chi connectivity index (χ4v) is 2.48. The predicted octanol–water partition coefficient (Wildman–Crippen LogP) is 5.23. The highest BCUT2D eigenvalue weighted by atomic mass is 16.6. The summed E-state index contributed by atoms with van der Waals surface area (Å²) in [5, 5.41) is 8.56. The lowest BCUT2D eigenvalue weighted by atomic mass is 10.1. The highest BCUT2D eigenvalue weighted by Gasteiger charge is 2.17. The fourth-order valence-electron chi connectivity index (χ4n) is 2.48. The smallest absolute Gasteiger partial charge is 0.338 e. The molecule has 0 aliphatic heterocycles. The standard InChI is InChI=1S/C21H32O5/c1-21(2,3)26-20(24)17-12-14-18(15-13-17)25-16-10-8-6-4-5-7-9-11-19(22)23/h12-15H,4-11,16H2,1-3H3,(H,22,23). The van der Waals surface area contributed by atoms with E-state index in [1.54, 1.807) is 24.3 Å². The fraction of sp³-hybridized carbons (Fsp3) is 0.619. The molecule has 0 aliphatic rings. The molecule has 0 aromatic heterocycles. The highest BCUT2D eigenvalue weighted by Crippen LogP contribution is 2.17. The first-order chi connectivity index (χ1) is 12.3. The van der Waals surface area contributed by atoms with Gasteiger partial charge in [0.15, 0.2) is 0 Å². The van der Waals surface area contributed by atoms with Gasteiger partial charge in [-0.15, -0.1) is 0 Å². The topological polar surface area (TPSA) is 72.8 Å². The van der Waals surface area contributed by atoms with E-state index in [9.17, 15) is 9.59 Å². The van der Waals surface area contributed by atoms with Crippen LogP contribution in [0.3, 0.4) is 0 Å². The van der Waals surface area contributed by atoms with Gasteiger partial charge < -0.3 is 14.6 Å². The maximum absolute atomic E-state index is 11.9. The van der Waals surface area contributed by atoms with Crippen molar-refractivity contribution in [1.82, 2.24) is 0 Å². The Morgan fingerprint density at radius 1 is 0.885 bits per heavy atom. The van der Waals surface area contributed by atoms with Crippen molar-refractivity contribution in [2.24, 2.45) is 0 Å². The van der Waals surface area contributed by atoms with Crippen LogP contribution in [0.1, 0.15) is 82.5 Å². The number of esters is 1. The number of rotatable bonds is 12. The molecule has 0 saturated heterocycles. The summed E-state index contributed by atoms with van der Waals surface area (Å²) in [5.41, 5.74) is 0.0258. The van der Waals surface area contributed by atoms with Crippen molar-refractivity contribution in [1.29, 1.82) is 0 Å². The summed E-state index contributed by atoms with van der Waals surface area (Å²) >= 11 is 0. The van der Waals surface area contributed by atoms with Crippen LogP contribution in [0.4, 0.5) is 0 Å². The van der Waals surface area contributed by atoms with E-state index in [4.69, 9.17) is 14.6 Å². The van der Waals surface area contributed by atoms with Gasteiger partial charge in [0.2, 0.25) is 0 Å². The molecule has 1 N–H and O–H groups in total. The van der Waals surface area contributed by atoms with Gasteiger partial charge in [0.1, 0.15) is 11.4 Å². The van der Waals surface area contributed by atoms with Crippen molar-refractivity contribution in [3.8, 4) is 5.75 Å². The average molecular weight is 364 g/mol. The van der Waals surface area contributed by atoms with Crippen LogP contribution in [0.5, 0.6) is 5.75 Å². The van der Waals surface area contributed by atoms with Crippen LogP contribution >= 0.6 is 0 Å². The van der Waals surface area contributed by atoms with Gasteiger partial charge in [0, 0.05) is 6.42 Å². The lowest BCUT2D eigenvalue weighted by molar-refractivity contribution is -0.137. The van der Waals surface area contributed by atoms with Crippen LogP contribution in [-0.2, 0) is 9.53 Å². The summed E-state index contributed by atoms with van der Waals surface area (Å²) in [6.07, 6.45) is 7.53. The molecule has 1 aromatic carbocycles. The van der Waals surface area contributed by atoms with Crippen LogP contribution in [0, 0.1) is 0 Å². The number of unbranched alkanes of at least 4 members (excludes halogenated alkanes) is 6. The van der Waals surface area contributed by atoms with Gasteiger partial charge in [-0.3, -0.25) is 4.79 Å². The summed E-state index contributed by atoms with van der Waals surface area (Å²) in [6.45, 7) is 6.19. The molecule has 0 aliphatic carbocycles.